The largest absolute Gasteiger partial charge is 0.396 e. The van der Waals surface area contributed by atoms with Crippen LogP contribution in [0, 0.1) is 0 Å². The molecular weight excluding hydrogens is 226 g/mol. The van der Waals surface area contributed by atoms with E-state index in [1.807, 2.05) is 18.2 Å². The van der Waals surface area contributed by atoms with Crippen molar-refractivity contribution in [2.75, 3.05) is 17.7 Å². The summed E-state index contributed by atoms with van der Waals surface area (Å²) >= 11 is 1.42. The first-order chi connectivity index (χ1) is 7.65. The summed E-state index contributed by atoms with van der Waals surface area (Å²) in [5, 5.41) is 21.6. The van der Waals surface area contributed by atoms with Gasteiger partial charge in [0.25, 0.3) is 5.91 Å². The Morgan fingerprint density at radius 1 is 1.44 bits per heavy atom. The Kier molecular flexibility index (Phi) is 3.18. The topological polar surface area (TPSA) is 69.6 Å². The lowest BCUT2D eigenvalue weighted by Gasteiger charge is -2.22. The number of rotatable bonds is 2. The normalized spacial score (nSPS) is 24.5. The molecule has 0 bridgehead atoms. The lowest BCUT2D eigenvalue weighted by molar-refractivity contribution is -0.133. The summed E-state index contributed by atoms with van der Waals surface area (Å²) in [6, 6.07) is 7.40. The van der Waals surface area contributed by atoms with Crippen LogP contribution in [0.5, 0.6) is 0 Å². The van der Waals surface area contributed by atoms with Gasteiger partial charge in [0, 0.05) is 23.7 Å². The van der Waals surface area contributed by atoms with Crippen molar-refractivity contribution in [1.29, 1.82) is 0 Å². The van der Waals surface area contributed by atoms with E-state index in [2.05, 4.69) is 5.32 Å². The zero-order valence-electron chi connectivity index (χ0n) is 8.64. The van der Waals surface area contributed by atoms with Crippen molar-refractivity contribution in [3.8, 4) is 0 Å². The molecule has 1 aromatic rings. The highest BCUT2D eigenvalue weighted by Gasteiger charge is 2.37. The number of amides is 1. The molecule has 0 saturated carbocycles. The van der Waals surface area contributed by atoms with E-state index in [4.69, 9.17) is 5.11 Å². The van der Waals surface area contributed by atoms with E-state index >= 15 is 0 Å². The minimum atomic E-state index is -1.49. The number of fused-ring (bicyclic) bond motifs is 1. The van der Waals surface area contributed by atoms with Crippen molar-refractivity contribution in [3.63, 3.8) is 0 Å². The molecule has 1 atom stereocenters. The van der Waals surface area contributed by atoms with Crippen molar-refractivity contribution in [3.05, 3.63) is 24.3 Å². The quantitative estimate of drug-likeness (QED) is 0.715. The van der Waals surface area contributed by atoms with E-state index in [1.54, 1.807) is 6.07 Å². The van der Waals surface area contributed by atoms with Crippen LogP contribution in [0.3, 0.4) is 0 Å². The number of aliphatic hydroxyl groups is 2. The van der Waals surface area contributed by atoms with Crippen LogP contribution >= 0.6 is 11.8 Å². The van der Waals surface area contributed by atoms with Crippen molar-refractivity contribution < 1.29 is 15.0 Å². The molecule has 3 N–H and O–H groups in total. The second-order valence-corrected chi connectivity index (χ2v) is 4.76. The van der Waals surface area contributed by atoms with Crippen LogP contribution in [0.15, 0.2) is 29.2 Å². The SMILES string of the molecule is O=C1Nc2ccccc2SCC1(O)CCO. The summed E-state index contributed by atoms with van der Waals surface area (Å²) in [6.07, 6.45) is 0.0554. The Morgan fingerprint density at radius 2 is 2.19 bits per heavy atom. The molecule has 16 heavy (non-hydrogen) atoms. The van der Waals surface area contributed by atoms with Crippen LogP contribution < -0.4 is 5.32 Å². The van der Waals surface area contributed by atoms with Crippen molar-refractivity contribution in [2.45, 2.75) is 16.9 Å². The average molecular weight is 239 g/mol. The monoisotopic (exact) mass is 239 g/mol. The summed E-state index contributed by atoms with van der Waals surface area (Å²) in [7, 11) is 0. The molecule has 1 unspecified atom stereocenters. The van der Waals surface area contributed by atoms with Gasteiger partial charge in [0.1, 0.15) is 0 Å². The van der Waals surface area contributed by atoms with Crippen LogP contribution in [-0.2, 0) is 4.79 Å². The Balaban J connectivity index is 2.28. The molecule has 1 aromatic carbocycles. The molecule has 1 aliphatic rings. The highest BCUT2D eigenvalue weighted by Crippen LogP contribution is 2.34. The van der Waals surface area contributed by atoms with Gasteiger partial charge < -0.3 is 15.5 Å². The van der Waals surface area contributed by atoms with Gasteiger partial charge in [-0.3, -0.25) is 4.79 Å². The minimum absolute atomic E-state index is 0.0554. The molecule has 2 rings (SSSR count). The van der Waals surface area contributed by atoms with Gasteiger partial charge in [-0.15, -0.1) is 11.8 Å². The van der Waals surface area contributed by atoms with E-state index in [9.17, 15) is 9.90 Å². The molecule has 1 heterocycles. The van der Waals surface area contributed by atoms with Gasteiger partial charge in [0.2, 0.25) is 0 Å². The number of aliphatic hydroxyl groups excluding tert-OH is 1. The van der Waals surface area contributed by atoms with E-state index in [0.29, 0.717) is 5.69 Å². The number of para-hydroxylation sites is 1. The maximum atomic E-state index is 11.8. The van der Waals surface area contributed by atoms with Gasteiger partial charge in [-0.1, -0.05) is 12.1 Å². The first kappa shape index (κ1) is 11.4. The fourth-order valence-electron chi connectivity index (χ4n) is 1.57. The average Bonchev–Trinajstić information content (AvgIpc) is 2.39. The highest BCUT2D eigenvalue weighted by molar-refractivity contribution is 7.99. The number of anilines is 1. The number of thioether (sulfide) groups is 1. The maximum Gasteiger partial charge on any atom is 0.257 e. The smallest absolute Gasteiger partial charge is 0.257 e. The summed E-state index contributed by atoms with van der Waals surface area (Å²) in [6.45, 7) is -0.208. The predicted molar refractivity (Wildman–Crippen MR) is 62.4 cm³/mol. The number of carbonyl (C=O) groups excluding carboxylic acids is 1. The molecule has 86 valence electrons. The van der Waals surface area contributed by atoms with Crippen LogP contribution in [0.1, 0.15) is 6.42 Å². The van der Waals surface area contributed by atoms with Gasteiger partial charge in [0.15, 0.2) is 5.60 Å². The first-order valence-corrected chi connectivity index (χ1v) is 6.01. The third-order valence-corrected chi connectivity index (χ3v) is 3.84. The van der Waals surface area contributed by atoms with Gasteiger partial charge >= 0.3 is 0 Å². The second-order valence-electron chi connectivity index (χ2n) is 3.74. The second kappa shape index (κ2) is 4.45. The van der Waals surface area contributed by atoms with Crippen molar-refractivity contribution in [1.82, 2.24) is 0 Å². The molecule has 5 heteroatoms. The zero-order valence-corrected chi connectivity index (χ0v) is 9.46. The van der Waals surface area contributed by atoms with Crippen molar-refractivity contribution in [2.24, 2.45) is 0 Å². The predicted octanol–water partition coefficient (Wildman–Crippen LogP) is 0.844. The van der Waals surface area contributed by atoms with Crippen LogP contribution in [0.4, 0.5) is 5.69 Å². The number of benzene rings is 1. The number of hydrogen-bond acceptors (Lipinski definition) is 4. The molecule has 0 radical (unpaired) electrons. The fraction of sp³-hybridized carbons (Fsp3) is 0.364. The third-order valence-electron chi connectivity index (χ3n) is 2.55. The van der Waals surface area contributed by atoms with E-state index < -0.39 is 11.5 Å². The van der Waals surface area contributed by atoms with E-state index in [-0.39, 0.29) is 18.8 Å². The van der Waals surface area contributed by atoms with E-state index in [1.165, 1.54) is 11.8 Å². The lowest BCUT2D eigenvalue weighted by Crippen LogP contribution is -2.45. The zero-order chi connectivity index (χ0) is 11.6. The van der Waals surface area contributed by atoms with Crippen LogP contribution in [-0.4, -0.2) is 34.1 Å². The van der Waals surface area contributed by atoms with Crippen LogP contribution in [0.25, 0.3) is 0 Å². The summed E-state index contributed by atoms with van der Waals surface area (Å²) in [5.74, 6) is -0.185. The molecule has 0 saturated heterocycles. The molecule has 1 amide bonds. The molecule has 0 aliphatic carbocycles. The van der Waals surface area contributed by atoms with Gasteiger partial charge in [-0.05, 0) is 12.1 Å². The Bertz CT molecular complexity index is 410. The highest BCUT2D eigenvalue weighted by atomic mass is 32.2. The Labute approximate surface area is 97.7 Å². The molecule has 4 nitrogen and oxygen atoms in total. The maximum absolute atomic E-state index is 11.8. The molecule has 0 fully saturated rings. The molecule has 0 spiro atoms. The van der Waals surface area contributed by atoms with E-state index in [0.717, 1.165) is 4.90 Å². The number of carbonyl (C=O) groups is 1. The third kappa shape index (κ3) is 2.07. The van der Waals surface area contributed by atoms with Crippen LogP contribution in [0.2, 0.25) is 0 Å². The molecule has 0 aromatic heterocycles. The molecular formula is C11H13NO3S. The first-order valence-electron chi connectivity index (χ1n) is 5.02. The summed E-state index contributed by atoms with van der Waals surface area (Å²) in [5.41, 5.74) is -0.773. The summed E-state index contributed by atoms with van der Waals surface area (Å²) < 4.78 is 0. The fourth-order valence-corrected chi connectivity index (χ4v) is 2.69. The summed E-state index contributed by atoms with van der Waals surface area (Å²) in [4.78, 5) is 12.7. The van der Waals surface area contributed by atoms with Crippen molar-refractivity contribution >= 4 is 23.4 Å². The standard InChI is InChI=1S/C11H13NO3S/c13-6-5-11(15)7-16-9-4-2-1-3-8(9)12-10(11)14/h1-4,13,15H,5-7H2,(H,12,14). The van der Waals surface area contributed by atoms with Gasteiger partial charge in [0.05, 0.1) is 5.69 Å². The van der Waals surface area contributed by atoms with Gasteiger partial charge in [-0.2, -0.15) is 0 Å². The molecule has 1 aliphatic heterocycles. The Morgan fingerprint density at radius 3 is 2.94 bits per heavy atom. The lowest BCUT2D eigenvalue weighted by atomic mass is 10.0. The number of nitrogens with one attached hydrogen (secondary N) is 1. The van der Waals surface area contributed by atoms with Gasteiger partial charge in [-0.25, -0.2) is 0 Å². The minimum Gasteiger partial charge on any atom is -0.396 e. The Hall–Kier alpha value is -1.04. The number of hydrogen-bond donors (Lipinski definition) is 3.